The summed E-state index contributed by atoms with van der Waals surface area (Å²) in [6.07, 6.45) is 19.0. The minimum atomic E-state index is 0. The van der Waals surface area contributed by atoms with Crippen molar-refractivity contribution in [3.8, 4) is 0 Å². The molecule has 0 N–H and O–H groups in total. The third-order valence-electron chi connectivity index (χ3n) is 1.31. The van der Waals surface area contributed by atoms with E-state index in [2.05, 4.69) is 48.6 Å². The molecule has 0 bridgehead atoms. The van der Waals surface area contributed by atoms with Crippen LogP contribution in [0, 0.1) is 0 Å². The summed E-state index contributed by atoms with van der Waals surface area (Å²) in [5.74, 6) is 0. The molecule has 1 heteroatoms. The van der Waals surface area contributed by atoms with Gasteiger partial charge in [0.05, 0.1) is 0 Å². The van der Waals surface area contributed by atoms with Gasteiger partial charge in [0.15, 0.2) is 0 Å². The van der Waals surface area contributed by atoms with Gasteiger partial charge in [0.2, 0.25) is 0 Å². The van der Waals surface area contributed by atoms with E-state index in [1.54, 1.807) is 0 Å². The fraction of sp³-hybridized carbons (Fsp3) is 0.200. The molecular weight excluding hydrogens is 208 g/mol. The molecule has 0 aromatic rings. The van der Waals surface area contributed by atoms with Crippen LogP contribution in [0.3, 0.4) is 0 Å². The second kappa shape index (κ2) is 8.54. The van der Waals surface area contributed by atoms with Crippen molar-refractivity contribution >= 4 is 45.5 Å². The van der Waals surface area contributed by atoms with Crippen molar-refractivity contribution in [2.75, 3.05) is 0 Å². The van der Waals surface area contributed by atoms with Gasteiger partial charge in [-0.1, -0.05) is 48.6 Å². The van der Waals surface area contributed by atoms with Crippen LogP contribution >= 0.6 is 0 Å². The first kappa shape index (κ1) is 11.4. The summed E-state index contributed by atoms with van der Waals surface area (Å²) in [7, 11) is 0. The molecule has 0 fully saturated rings. The van der Waals surface area contributed by atoms with E-state index in [1.807, 2.05) is 0 Å². The molecule has 0 saturated carbocycles. The van der Waals surface area contributed by atoms with Crippen molar-refractivity contribution in [1.29, 1.82) is 0 Å². The van der Waals surface area contributed by atoms with Gasteiger partial charge < -0.3 is 0 Å². The van der Waals surface area contributed by atoms with E-state index in [-0.39, 0.29) is 45.5 Å². The zero-order valence-electron chi connectivity index (χ0n) is 6.03. The second-order valence-corrected chi connectivity index (χ2v) is 2.18. The van der Waals surface area contributed by atoms with Gasteiger partial charge in [0, 0.05) is 0 Å². The van der Waals surface area contributed by atoms with Crippen molar-refractivity contribution < 1.29 is 0 Å². The number of hydrogen-bond donors (Lipinski definition) is 0. The summed E-state index contributed by atoms with van der Waals surface area (Å²) in [6.45, 7) is 0. The van der Waals surface area contributed by atoms with Crippen molar-refractivity contribution in [1.82, 2.24) is 0 Å². The molecule has 2 aliphatic carbocycles. The van der Waals surface area contributed by atoms with Crippen LogP contribution in [-0.2, 0) is 0 Å². The molecule has 11 heavy (non-hydrogen) atoms. The third kappa shape index (κ3) is 6.82. The van der Waals surface area contributed by atoms with Gasteiger partial charge in [-0.25, -0.2) is 0 Å². The molecule has 0 aliphatic heterocycles. The number of allylic oxidation sites excluding steroid dienone is 8. The Morgan fingerprint density at radius 1 is 0.545 bits per heavy atom. The Morgan fingerprint density at radius 3 is 0.909 bits per heavy atom. The van der Waals surface area contributed by atoms with Gasteiger partial charge in [-0.2, -0.15) is 0 Å². The zero-order chi connectivity index (χ0) is 7.07. The van der Waals surface area contributed by atoms with E-state index in [0.29, 0.717) is 0 Å². The quantitative estimate of drug-likeness (QED) is 0.550. The van der Waals surface area contributed by atoms with Crippen LogP contribution in [0.2, 0.25) is 0 Å². The monoisotopic (exact) mass is 222 g/mol. The van der Waals surface area contributed by atoms with E-state index in [1.165, 1.54) is 0 Å². The fourth-order valence-electron chi connectivity index (χ4n) is 0.786. The maximum atomic E-state index is 2.12. The van der Waals surface area contributed by atoms with E-state index >= 15 is 0 Å². The van der Waals surface area contributed by atoms with E-state index in [4.69, 9.17) is 0 Å². The molecule has 0 unspecified atom stereocenters. The summed E-state index contributed by atoms with van der Waals surface area (Å²) in [4.78, 5) is 0. The first-order chi connectivity index (χ1) is 5.00. The maximum absolute atomic E-state index is 2.12. The molecule has 0 saturated heterocycles. The average molecular weight is 222 g/mol. The summed E-state index contributed by atoms with van der Waals surface area (Å²) < 4.78 is 0. The van der Waals surface area contributed by atoms with Crippen LogP contribution < -0.4 is 0 Å². The van der Waals surface area contributed by atoms with Gasteiger partial charge in [0.1, 0.15) is 0 Å². The molecule has 2 aliphatic rings. The zero-order valence-corrected chi connectivity index (χ0v) is 6.03. The molecule has 0 aromatic carbocycles. The summed E-state index contributed by atoms with van der Waals surface area (Å²) in [5.41, 5.74) is 0. The predicted molar refractivity (Wildman–Crippen MR) is 54.3 cm³/mol. The Hall–Kier alpha value is 0.441. The van der Waals surface area contributed by atoms with Gasteiger partial charge >= 0.3 is 45.5 Å². The number of rotatable bonds is 0. The van der Waals surface area contributed by atoms with Crippen LogP contribution in [0.1, 0.15) is 12.8 Å². The molecule has 0 spiro atoms. The van der Waals surface area contributed by atoms with Crippen molar-refractivity contribution in [3.63, 3.8) is 0 Å². The molecular formula is C10H14Sr. The van der Waals surface area contributed by atoms with Crippen LogP contribution in [0.4, 0.5) is 0 Å². The van der Waals surface area contributed by atoms with Crippen LogP contribution in [0.25, 0.3) is 0 Å². The van der Waals surface area contributed by atoms with Gasteiger partial charge in [-0.15, -0.1) is 0 Å². The Labute approximate surface area is 106 Å². The summed E-state index contributed by atoms with van der Waals surface area (Å²) in [5, 5.41) is 0. The van der Waals surface area contributed by atoms with Gasteiger partial charge in [0.25, 0.3) is 0 Å². The molecule has 56 valence electrons. The van der Waals surface area contributed by atoms with Crippen molar-refractivity contribution in [2.45, 2.75) is 12.8 Å². The first-order valence-electron chi connectivity index (χ1n) is 3.63. The summed E-state index contributed by atoms with van der Waals surface area (Å²) >= 11 is 0. The Balaban J connectivity index is 0.000000167. The minimum absolute atomic E-state index is 0. The second-order valence-electron chi connectivity index (χ2n) is 2.18. The number of hydrogen-bond acceptors (Lipinski definition) is 0. The van der Waals surface area contributed by atoms with Gasteiger partial charge in [-0.05, 0) is 12.8 Å². The first-order valence-corrected chi connectivity index (χ1v) is 3.63. The Morgan fingerprint density at radius 2 is 0.818 bits per heavy atom. The fourth-order valence-corrected chi connectivity index (χ4v) is 0.786. The van der Waals surface area contributed by atoms with Crippen LogP contribution in [0.15, 0.2) is 48.6 Å². The van der Waals surface area contributed by atoms with E-state index < -0.39 is 0 Å². The normalized spacial score (nSPS) is 16.0. The standard InChI is InChI=1S/2C5H6.Sr.2H/c2*1-2-4-5-3-1;;;/h2*1-4H,5H2;;;. The predicted octanol–water partition coefficient (Wildman–Crippen LogP) is 2.09. The summed E-state index contributed by atoms with van der Waals surface area (Å²) in [6, 6.07) is 0. The van der Waals surface area contributed by atoms with Crippen molar-refractivity contribution in [2.24, 2.45) is 0 Å². The molecule has 0 aromatic heterocycles. The molecule has 0 atom stereocenters. The molecule has 0 radical (unpaired) electrons. The Kier molecular flexibility index (Phi) is 8.88. The van der Waals surface area contributed by atoms with Crippen molar-refractivity contribution in [3.05, 3.63) is 48.6 Å². The molecule has 0 heterocycles. The molecule has 0 amide bonds. The average Bonchev–Trinajstić information content (AvgIpc) is 2.67. The third-order valence-corrected chi connectivity index (χ3v) is 1.31. The van der Waals surface area contributed by atoms with E-state index in [9.17, 15) is 0 Å². The molecule has 0 nitrogen and oxygen atoms in total. The van der Waals surface area contributed by atoms with Crippen LogP contribution in [0.5, 0.6) is 0 Å². The molecule has 2 rings (SSSR count). The SMILES string of the molecule is C1=CCC=C1.C1=CCC=C1.[SrH2]. The topological polar surface area (TPSA) is 0 Å². The Bertz CT molecular complexity index is 143. The van der Waals surface area contributed by atoms with Crippen LogP contribution in [-0.4, -0.2) is 45.5 Å². The van der Waals surface area contributed by atoms with E-state index in [0.717, 1.165) is 12.8 Å². The van der Waals surface area contributed by atoms with Gasteiger partial charge in [-0.3, -0.25) is 0 Å².